The molecule has 1 aliphatic rings. The van der Waals surface area contributed by atoms with Crippen LogP contribution < -0.4 is 10.1 Å². The molecule has 3 rings (SSSR count). The molecule has 0 saturated carbocycles. The Bertz CT molecular complexity index is 797. The third-order valence-electron chi connectivity index (χ3n) is 4.24. The maximum Gasteiger partial charge on any atom is 0.356 e. The smallest absolute Gasteiger partial charge is 0.356 e. The van der Waals surface area contributed by atoms with Crippen molar-refractivity contribution in [1.82, 2.24) is 15.1 Å². The van der Waals surface area contributed by atoms with Crippen molar-refractivity contribution < 1.29 is 19.4 Å². The average Bonchev–Trinajstić information content (AvgIpc) is 3.00. The number of nitrogens with one attached hydrogen (secondary N) is 1. The van der Waals surface area contributed by atoms with Crippen molar-refractivity contribution in [2.75, 3.05) is 6.61 Å². The van der Waals surface area contributed by atoms with E-state index in [-0.39, 0.29) is 24.2 Å². The summed E-state index contributed by atoms with van der Waals surface area (Å²) in [4.78, 5) is 23.1. The number of ether oxygens (including phenoxy) is 1. The van der Waals surface area contributed by atoms with Gasteiger partial charge in [-0.25, -0.2) is 4.79 Å². The second-order valence-electron chi connectivity index (χ2n) is 5.89. The van der Waals surface area contributed by atoms with E-state index in [2.05, 4.69) is 10.4 Å². The van der Waals surface area contributed by atoms with Crippen molar-refractivity contribution in [1.29, 1.82) is 0 Å². The van der Waals surface area contributed by atoms with Gasteiger partial charge in [0.15, 0.2) is 5.69 Å². The van der Waals surface area contributed by atoms with Crippen LogP contribution in [0.3, 0.4) is 0 Å². The van der Waals surface area contributed by atoms with E-state index in [1.54, 1.807) is 0 Å². The number of hydrogen-bond donors (Lipinski definition) is 2. The number of aromatic carboxylic acids is 1. The van der Waals surface area contributed by atoms with Crippen LogP contribution in [0.4, 0.5) is 0 Å². The molecule has 1 aliphatic heterocycles. The van der Waals surface area contributed by atoms with E-state index in [0.29, 0.717) is 13.0 Å². The van der Waals surface area contributed by atoms with E-state index in [0.717, 1.165) is 22.4 Å². The Hall–Kier alpha value is -2.83. The van der Waals surface area contributed by atoms with E-state index >= 15 is 0 Å². The highest BCUT2D eigenvalue weighted by atomic mass is 16.5. The topological polar surface area (TPSA) is 93.5 Å². The Balaban J connectivity index is 1.71. The van der Waals surface area contributed by atoms with Crippen molar-refractivity contribution in [2.45, 2.75) is 32.9 Å². The van der Waals surface area contributed by atoms with Gasteiger partial charge in [-0.05, 0) is 31.0 Å². The SMILES string of the molecule is Cc1ccc2c(c1C)OCC[C@@H]2NC(=O)Cn1ccc(C(=O)O)n1. The number of carbonyl (C=O) groups excluding carboxylic acids is 1. The number of carboxylic acids is 1. The molecule has 0 aliphatic carbocycles. The number of aryl methyl sites for hydroxylation is 1. The largest absolute Gasteiger partial charge is 0.493 e. The molecule has 126 valence electrons. The molecule has 0 radical (unpaired) electrons. The number of carbonyl (C=O) groups is 2. The predicted octanol–water partition coefficient (Wildman–Crippen LogP) is 1.84. The molecule has 0 bridgehead atoms. The number of nitrogens with zero attached hydrogens (tertiary/aromatic N) is 2. The molecule has 2 N–H and O–H groups in total. The first-order valence-corrected chi connectivity index (χ1v) is 7.74. The highest BCUT2D eigenvalue weighted by molar-refractivity contribution is 5.85. The predicted molar refractivity (Wildman–Crippen MR) is 86.1 cm³/mol. The Morgan fingerprint density at radius 3 is 2.88 bits per heavy atom. The van der Waals surface area contributed by atoms with Gasteiger partial charge in [0.25, 0.3) is 0 Å². The van der Waals surface area contributed by atoms with Gasteiger partial charge in [-0.2, -0.15) is 5.10 Å². The van der Waals surface area contributed by atoms with E-state index in [1.807, 2.05) is 26.0 Å². The summed E-state index contributed by atoms with van der Waals surface area (Å²) in [6, 6.07) is 5.26. The van der Waals surface area contributed by atoms with E-state index in [9.17, 15) is 9.59 Å². The molecule has 0 fully saturated rings. The van der Waals surface area contributed by atoms with Gasteiger partial charge in [-0.3, -0.25) is 9.48 Å². The maximum atomic E-state index is 12.3. The summed E-state index contributed by atoms with van der Waals surface area (Å²) in [7, 11) is 0. The molecule has 2 heterocycles. The van der Waals surface area contributed by atoms with Crippen molar-refractivity contribution >= 4 is 11.9 Å². The minimum Gasteiger partial charge on any atom is -0.493 e. The quantitative estimate of drug-likeness (QED) is 0.893. The number of amides is 1. The summed E-state index contributed by atoms with van der Waals surface area (Å²) < 4.78 is 7.08. The zero-order chi connectivity index (χ0) is 17.3. The lowest BCUT2D eigenvalue weighted by Crippen LogP contribution is -2.34. The number of hydrogen-bond acceptors (Lipinski definition) is 4. The maximum absolute atomic E-state index is 12.3. The normalized spacial score (nSPS) is 16.2. The van der Waals surface area contributed by atoms with Gasteiger partial charge in [0, 0.05) is 18.2 Å². The molecule has 0 saturated heterocycles. The van der Waals surface area contributed by atoms with Gasteiger partial charge in [-0.1, -0.05) is 12.1 Å². The Morgan fingerprint density at radius 2 is 2.17 bits per heavy atom. The fourth-order valence-corrected chi connectivity index (χ4v) is 2.81. The van der Waals surface area contributed by atoms with Crippen molar-refractivity contribution in [3.05, 3.63) is 46.8 Å². The van der Waals surface area contributed by atoms with Crippen molar-refractivity contribution in [3.8, 4) is 5.75 Å². The van der Waals surface area contributed by atoms with E-state index in [4.69, 9.17) is 9.84 Å². The summed E-state index contributed by atoms with van der Waals surface area (Å²) in [5.41, 5.74) is 3.14. The lowest BCUT2D eigenvalue weighted by molar-refractivity contribution is -0.122. The number of aromatic nitrogens is 2. The Morgan fingerprint density at radius 1 is 1.38 bits per heavy atom. The summed E-state index contributed by atoms with van der Waals surface area (Å²) in [6.45, 7) is 4.56. The summed E-state index contributed by atoms with van der Waals surface area (Å²) in [6.07, 6.45) is 2.18. The van der Waals surface area contributed by atoms with Gasteiger partial charge >= 0.3 is 5.97 Å². The molecule has 1 aromatic heterocycles. The first-order chi connectivity index (χ1) is 11.5. The Labute approximate surface area is 139 Å². The van der Waals surface area contributed by atoms with Crippen LogP contribution in [-0.2, 0) is 11.3 Å². The molecule has 24 heavy (non-hydrogen) atoms. The molecule has 7 heteroatoms. The zero-order valence-electron chi connectivity index (χ0n) is 13.6. The molecule has 1 aromatic carbocycles. The third-order valence-corrected chi connectivity index (χ3v) is 4.24. The second-order valence-corrected chi connectivity index (χ2v) is 5.89. The summed E-state index contributed by atoms with van der Waals surface area (Å²) in [5, 5.41) is 15.7. The van der Waals surface area contributed by atoms with Crippen molar-refractivity contribution in [3.63, 3.8) is 0 Å². The number of carboxylic acid groups (broad SMARTS) is 1. The van der Waals surface area contributed by atoms with Gasteiger partial charge in [0.1, 0.15) is 12.3 Å². The lowest BCUT2D eigenvalue weighted by atomic mass is 9.95. The molecular formula is C17H19N3O4. The highest BCUT2D eigenvalue weighted by Crippen LogP contribution is 2.36. The van der Waals surface area contributed by atoms with Crippen LogP contribution in [0.1, 0.15) is 39.6 Å². The van der Waals surface area contributed by atoms with Crippen LogP contribution in [0, 0.1) is 13.8 Å². The number of benzene rings is 1. The van der Waals surface area contributed by atoms with Crippen LogP contribution >= 0.6 is 0 Å². The molecule has 7 nitrogen and oxygen atoms in total. The summed E-state index contributed by atoms with van der Waals surface area (Å²) in [5.74, 6) is -0.483. The monoisotopic (exact) mass is 329 g/mol. The highest BCUT2D eigenvalue weighted by Gasteiger charge is 2.25. The number of fused-ring (bicyclic) bond motifs is 1. The molecule has 1 amide bonds. The van der Waals surface area contributed by atoms with Crippen LogP contribution in [0.2, 0.25) is 0 Å². The number of rotatable bonds is 4. The molecular weight excluding hydrogens is 310 g/mol. The first-order valence-electron chi connectivity index (χ1n) is 7.74. The van der Waals surface area contributed by atoms with Crippen molar-refractivity contribution in [2.24, 2.45) is 0 Å². The van der Waals surface area contributed by atoms with Crippen LogP contribution in [-0.4, -0.2) is 33.4 Å². The van der Waals surface area contributed by atoms with E-state index < -0.39 is 5.97 Å². The minimum absolute atomic E-state index is 0.0230. The van der Waals surface area contributed by atoms with Gasteiger partial charge in [-0.15, -0.1) is 0 Å². The van der Waals surface area contributed by atoms with Crippen LogP contribution in [0.5, 0.6) is 5.75 Å². The van der Waals surface area contributed by atoms with Gasteiger partial charge in [0.05, 0.1) is 12.6 Å². The third kappa shape index (κ3) is 3.10. The molecule has 2 aromatic rings. The second kappa shape index (κ2) is 6.35. The minimum atomic E-state index is -1.11. The fraction of sp³-hybridized carbons (Fsp3) is 0.353. The molecule has 0 unspecified atom stereocenters. The fourth-order valence-electron chi connectivity index (χ4n) is 2.81. The van der Waals surface area contributed by atoms with Gasteiger partial charge in [0.2, 0.25) is 5.91 Å². The lowest BCUT2D eigenvalue weighted by Gasteiger charge is -2.28. The van der Waals surface area contributed by atoms with Crippen LogP contribution in [0.25, 0.3) is 0 Å². The first kappa shape index (κ1) is 16.0. The van der Waals surface area contributed by atoms with E-state index in [1.165, 1.54) is 16.9 Å². The van der Waals surface area contributed by atoms with Gasteiger partial charge < -0.3 is 15.2 Å². The summed E-state index contributed by atoms with van der Waals surface area (Å²) >= 11 is 0. The molecule has 1 atom stereocenters. The molecule has 0 spiro atoms. The standard InChI is InChI=1S/C17H19N3O4/c1-10-3-4-12-13(6-8-24-16(12)11(10)2)18-15(21)9-20-7-5-14(19-20)17(22)23/h3-5,7,13H,6,8-9H2,1-2H3,(H,18,21)(H,22,23)/t13-/m0/s1. The zero-order valence-corrected chi connectivity index (χ0v) is 13.6. The average molecular weight is 329 g/mol. The van der Waals surface area contributed by atoms with Crippen LogP contribution in [0.15, 0.2) is 24.4 Å². The Kier molecular flexibility index (Phi) is 4.24.